The summed E-state index contributed by atoms with van der Waals surface area (Å²) in [5.74, 6) is -1.49. The molecule has 4 rings (SSSR count). The molecule has 1 aromatic heterocycles. The molecule has 192 valence electrons. The molecule has 7 nitrogen and oxygen atoms in total. The van der Waals surface area contributed by atoms with E-state index in [9.17, 15) is 19.8 Å². The lowest BCUT2D eigenvalue weighted by Crippen LogP contribution is -2.38. The summed E-state index contributed by atoms with van der Waals surface area (Å²) in [4.78, 5) is 24.6. The van der Waals surface area contributed by atoms with Crippen LogP contribution in [-0.4, -0.2) is 31.9 Å². The lowest BCUT2D eigenvalue weighted by molar-refractivity contribution is -0.142. The van der Waals surface area contributed by atoms with Gasteiger partial charge in [-0.3, -0.25) is 9.48 Å². The van der Waals surface area contributed by atoms with Gasteiger partial charge in [0, 0.05) is 30.3 Å². The minimum absolute atomic E-state index is 0.107. The van der Waals surface area contributed by atoms with E-state index in [4.69, 9.17) is 4.74 Å². The summed E-state index contributed by atoms with van der Waals surface area (Å²) < 4.78 is 8.14. The van der Waals surface area contributed by atoms with Crippen LogP contribution in [-0.2, 0) is 34.6 Å². The van der Waals surface area contributed by atoms with E-state index in [0.717, 1.165) is 34.5 Å². The largest absolute Gasteiger partial charge is 0.489 e. The number of allylic oxidation sites excluding steroid dienone is 2. The van der Waals surface area contributed by atoms with E-state index in [0.29, 0.717) is 23.3 Å². The van der Waals surface area contributed by atoms with Crippen molar-refractivity contribution in [3.05, 3.63) is 94.2 Å². The molecule has 0 amide bonds. The van der Waals surface area contributed by atoms with Crippen molar-refractivity contribution < 1.29 is 24.5 Å². The van der Waals surface area contributed by atoms with Gasteiger partial charge < -0.3 is 14.9 Å². The average molecular weight is 501 g/mol. The Kier molecular flexibility index (Phi) is 7.34. The number of carboxylic acids is 2. The lowest BCUT2D eigenvalue weighted by Gasteiger charge is -2.33. The second-order valence-corrected chi connectivity index (χ2v) is 9.38. The van der Waals surface area contributed by atoms with Gasteiger partial charge in [-0.15, -0.1) is 0 Å². The molecule has 0 bridgehead atoms. The fourth-order valence-electron chi connectivity index (χ4n) is 4.90. The molecule has 3 aromatic rings. The minimum atomic E-state index is -1.49. The van der Waals surface area contributed by atoms with Gasteiger partial charge in [-0.2, -0.15) is 5.10 Å². The predicted octanol–water partition coefficient (Wildman–Crippen LogP) is 5.70. The van der Waals surface area contributed by atoms with Gasteiger partial charge in [0.25, 0.3) is 0 Å². The molecule has 1 aliphatic carbocycles. The van der Waals surface area contributed by atoms with Crippen LogP contribution in [0.5, 0.6) is 5.75 Å². The highest BCUT2D eigenvalue weighted by Crippen LogP contribution is 2.41. The van der Waals surface area contributed by atoms with Crippen LogP contribution in [0.3, 0.4) is 0 Å². The Labute approximate surface area is 216 Å². The van der Waals surface area contributed by atoms with Crippen molar-refractivity contribution in [2.45, 2.75) is 59.1 Å². The Morgan fingerprint density at radius 2 is 1.89 bits per heavy atom. The molecular formula is C30H32N2O5. The fraction of sp³-hybridized carbons (Fsp3) is 0.300. The zero-order chi connectivity index (χ0) is 26.7. The first-order valence-corrected chi connectivity index (χ1v) is 12.4. The molecule has 1 atom stereocenters. The molecular weight excluding hydrogens is 468 g/mol. The zero-order valence-corrected chi connectivity index (χ0v) is 21.6. The number of aliphatic carboxylic acids is 2. The maximum Gasteiger partial charge on any atom is 0.331 e. The Morgan fingerprint density at radius 3 is 2.51 bits per heavy atom. The number of carboxylic acid groups (broad SMARTS) is 2. The topological polar surface area (TPSA) is 102 Å². The van der Waals surface area contributed by atoms with Crippen LogP contribution in [0, 0.1) is 6.92 Å². The first-order chi connectivity index (χ1) is 17.7. The van der Waals surface area contributed by atoms with Gasteiger partial charge >= 0.3 is 11.9 Å². The Morgan fingerprint density at radius 1 is 1.11 bits per heavy atom. The molecule has 2 N–H and O–H groups in total. The summed E-state index contributed by atoms with van der Waals surface area (Å²) in [5.41, 5.74) is 4.29. The summed E-state index contributed by atoms with van der Waals surface area (Å²) >= 11 is 0. The Bertz CT molecular complexity index is 1420. The Balaban J connectivity index is 1.69. The third-order valence-corrected chi connectivity index (χ3v) is 7.13. The molecule has 0 spiro atoms. The summed E-state index contributed by atoms with van der Waals surface area (Å²) in [5, 5.41) is 24.7. The van der Waals surface area contributed by atoms with E-state index in [1.54, 1.807) is 25.1 Å². The highest BCUT2D eigenvalue weighted by molar-refractivity contribution is 5.94. The molecule has 1 heterocycles. The van der Waals surface area contributed by atoms with E-state index in [1.807, 2.05) is 68.0 Å². The summed E-state index contributed by atoms with van der Waals surface area (Å²) in [7, 11) is 0. The van der Waals surface area contributed by atoms with Crippen molar-refractivity contribution in [3.8, 4) is 17.0 Å². The smallest absolute Gasteiger partial charge is 0.331 e. The van der Waals surface area contributed by atoms with Crippen LogP contribution in [0.1, 0.15) is 49.4 Å². The van der Waals surface area contributed by atoms with Crippen LogP contribution in [0.25, 0.3) is 11.3 Å². The number of rotatable bonds is 9. The van der Waals surface area contributed by atoms with Gasteiger partial charge in [-0.1, -0.05) is 37.3 Å². The number of aryl methyl sites for hydroxylation is 3. The normalized spacial score (nSPS) is 17.2. The summed E-state index contributed by atoms with van der Waals surface area (Å²) in [6, 6.07) is 13.4. The van der Waals surface area contributed by atoms with Crippen molar-refractivity contribution in [1.82, 2.24) is 9.78 Å². The van der Waals surface area contributed by atoms with Gasteiger partial charge in [-0.25, -0.2) is 4.79 Å². The lowest BCUT2D eigenvalue weighted by atomic mass is 9.69. The number of nitrogens with zero attached hydrogens (tertiary/aromatic N) is 2. The van der Waals surface area contributed by atoms with Crippen molar-refractivity contribution in [3.63, 3.8) is 0 Å². The SMILES string of the molecule is CCc1cccc(C2(C(=O)O)C=CC(C)=C(C(=O)O)C2)c1COc1ccc(-c2ccn(CC)n2)cc1C. The Hall–Kier alpha value is -4.13. The molecule has 0 radical (unpaired) electrons. The molecule has 0 saturated carbocycles. The number of hydrogen-bond donors (Lipinski definition) is 2. The van der Waals surface area contributed by atoms with Crippen molar-refractivity contribution in [2.24, 2.45) is 0 Å². The van der Waals surface area contributed by atoms with Crippen LogP contribution >= 0.6 is 0 Å². The van der Waals surface area contributed by atoms with Crippen LogP contribution in [0.4, 0.5) is 0 Å². The van der Waals surface area contributed by atoms with E-state index in [2.05, 4.69) is 5.10 Å². The zero-order valence-electron chi connectivity index (χ0n) is 21.6. The van der Waals surface area contributed by atoms with Crippen LogP contribution < -0.4 is 4.74 Å². The number of hydrogen-bond acceptors (Lipinski definition) is 4. The number of carbonyl (C=O) groups is 2. The molecule has 7 heteroatoms. The van der Waals surface area contributed by atoms with Crippen molar-refractivity contribution in [2.75, 3.05) is 0 Å². The summed E-state index contributed by atoms with van der Waals surface area (Å²) in [6.45, 7) is 8.68. The molecule has 1 unspecified atom stereocenters. The van der Waals surface area contributed by atoms with Gasteiger partial charge in [0.15, 0.2) is 0 Å². The standard InChI is InChI=1S/C30H32N2O5/c1-5-21-8-7-9-25(30(29(35)36)14-12-19(3)23(17-30)28(33)34)24(21)18-37-27-11-10-22(16-20(27)4)26-13-15-32(6-2)31-26/h7-16H,5-6,17-18H2,1-4H3,(H,33,34)(H,35,36). The molecule has 2 aromatic carbocycles. The molecule has 0 saturated heterocycles. The van der Waals surface area contributed by atoms with E-state index < -0.39 is 17.4 Å². The third kappa shape index (κ3) is 4.94. The number of aromatic nitrogens is 2. The fourth-order valence-corrected chi connectivity index (χ4v) is 4.90. The van der Waals surface area contributed by atoms with E-state index >= 15 is 0 Å². The van der Waals surface area contributed by atoms with E-state index in [1.165, 1.54) is 0 Å². The maximum atomic E-state index is 12.7. The molecule has 1 aliphatic rings. The van der Waals surface area contributed by atoms with Gasteiger partial charge in [0.2, 0.25) is 0 Å². The van der Waals surface area contributed by atoms with Crippen LogP contribution in [0.2, 0.25) is 0 Å². The average Bonchev–Trinajstić information content (AvgIpc) is 3.37. The highest BCUT2D eigenvalue weighted by Gasteiger charge is 2.44. The van der Waals surface area contributed by atoms with Gasteiger partial charge in [0.1, 0.15) is 17.8 Å². The first kappa shape index (κ1) is 25.9. The molecule has 37 heavy (non-hydrogen) atoms. The van der Waals surface area contributed by atoms with Gasteiger partial charge in [0.05, 0.1) is 5.69 Å². The monoisotopic (exact) mass is 500 g/mol. The second kappa shape index (κ2) is 10.5. The number of ether oxygens (including phenoxy) is 1. The minimum Gasteiger partial charge on any atom is -0.489 e. The van der Waals surface area contributed by atoms with E-state index in [-0.39, 0.29) is 18.6 Å². The number of benzene rings is 2. The van der Waals surface area contributed by atoms with Gasteiger partial charge in [-0.05, 0) is 79.3 Å². The maximum absolute atomic E-state index is 12.7. The van der Waals surface area contributed by atoms with Crippen LogP contribution in [0.15, 0.2) is 72.0 Å². The van der Waals surface area contributed by atoms with Crippen molar-refractivity contribution >= 4 is 11.9 Å². The molecule has 0 fully saturated rings. The molecule has 0 aliphatic heterocycles. The first-order valence-electron chi connectivity index (χ1n) is 12.4. The quantitative estimate of drug-likeness (QED) is 0.391. The van der Waals surface area contributed by atoms with Crippen molar-refractivity contribution in [1.29, 1.82) is 0 Å². The highest BCUT2D eigenvalue weighted by atomic mass is 16.5. The summed E-state index contributed by atoms with van der Waals surface area (Å²) in [6.07, 6.45) is 5.73. The third-order valence-electron chi connectivity index (χ3n) is 7.13. The predicted molar refractivity (Wildman–Crippen MR) is 142 cm³/mol. The second-order valence-electron chi connectivity index (χ2n) is 9.38.